The highest BCUT2D eigenvalue weighted by Crippen LogP contribution is 2.28. The zero-order valence-corrected chi connectivity index (χ0v) is 13.7. The lowest BCUT2D eigenvalue weighted by Crippen LogP contribution is -2.42. The Hall–Kier alpha value is -3.55. The number of fused-ring (bicyclic) bond motifs is 1. The Kier molecular flexibility index (Phi) is 4.74. The molecule has 0 bridgehead atoms. The molecule has 0 radical (unpaired) electrons. The summed E-state index contributed by atoms with van der Waals surface area (Å²) < 4.78 is 0. The van der Waals surface area contributed by atoms with Crippen molar-refractivity contribution in [2.45, 2.75) is 12.6 Å². The van der Waals surface area contributed by atoms with Crippen LogP contribution < -0.4 is 10.6 Å². The molecule has 0 fully saturated rings. The Balaban J connectivity index is 1.81. The fourth-order valence-electron chi connectivity index (χ4n) is 2.91. The van der Waals surface area contributed by atoms with Gasteiger partial charge in [0.1, 0.15) is 11.5 Å². The second-order valence-electron chi connectivity index (χ2n) is 5.91. The molecule has 0 saturated carbocycles. The molecule has 1 heterocycles. The molecule has 1 aliphatic heterocycles. The summed E-state index contributed by atoms with van der Waals surface area (Å²) in [5.74, 6) is -0.167. The summed E-state index contributed by atoms with van der Waals surface area (Å²) in [4.78, 5) is 36.4. The molecule has 1 aliphatic rings. The second kappa shape index (κ2) is 7.14. The van der Waals surface area contributed by atoms with Gasteiger partial charge >= 0.3 is 6.03 Å². The van der Waals surface area contributed by atoms with Crippen LogP contribution >= 0.6 is 0 Å². The first kappa shape index (κ1) is 17.3. The predicted octanol–water partition coefficient (Wildman–Crippen LogP) is 1.25. The fraction of sp³-hybridized carbons (Fsp3) is 0.167. The SMILES string of the molecule is O=CNC(=O)N[C@@H](CN1Cc2ccc(O)cc2C1=O)c1ccc(O)cc1. The average Bonchev–Trinajstić information content (AvgIpc) is 2.91. The van der Waals surface area contributed by atoms with Crippen molar-refractivity contribution in [3.63, 3.8) is 0 Å². The Morgan fingerprint density at radius 1 is 1.15 bits per heavy atom. The van der Waals surface area contributed by atoms with Gasteiger partial charge in [0.25, 0.3) is 5.91 Å². The number of benzene rings is 2. The molecule has 2 aromatic carbocycles. The fourth-order valence-corrected chi connectivity index (χ4v) is 2.91. The molecule has 3 rings (SSSR count). The lowest BCUT2D eigenvalue weighted by molar-refractivity contribution is -0.108. The van der Waals surface area contributed by atoms with Gasteiger partial charge in [-0.3, -0.25) is 14.9 Å². The van der Waals surface area contributed by atoms with E-state index in [-0.39, 0.29) is 30.4 Å². The first-order valence-electron chi connectivity index (χ1n) is 7.88. The maximum absolute atomic E-state index is 12.6. The van der Waals surface area contributed by atoms with Crippen molar-refractivity contribution in [3.8, 4) is 11.5 Å². The summed E-state index contributed by atoms with van der Waals surface area (Å²) >= 11 is 0. The van der Waals surface area contributed by atoms with E-state index in [4.69, 9.17) is 0 Å². The first-order valence-corrected chi connectivity index (χ1v) is 7.88. The van der Waals surface area contributed by atoms with E-state index in [9.17, 15) is 24.6 Å². The number of carbonyl (C=O) groups excluding carboxylic acids is 3. The summed E-state index contributed by atoms with van der Waals surface area (Å²) in [6, 6.07) is 9.53. The zero-order valence-electron chi connectivity index (χ0n) is 13.7. The largest absolute Gasteiger partial charge is 0.508 e. The highest BCUT2D eigenvalue weighted by Gasteiger charge is 2.30. The van der Waals surface area contributed by atoms with E-state index in [1.165, 1.54) is 24.3 Å². The van der Waals surface area contributed by atoms with Gasteiger partial charge in [0.15, 0.2) is 0 Å². The van der Waals surface area contributed by atoms with Gasteiger partial charge in [-0.1, -0.05) is 18.2 Å². The number of nitrogens with one attached hydrogen (secondary N) is 2. The van der Waals surface area contributed by atoms with Crippen LogP contribution in [-0.2, 0) is 11.3 Å². The molecule has 2 aromatic rings. The maximum atomic E-state index is 12.6. The van der Waals surface area contributed by atoms with Gasteiger partial charge in [0.2, 0.25) is 6.41 Å². The normalized spacial score (nSPS) is 13.8. The third-order valence-corrected chi connectivity index (χ3v) is 4.17. The molecule has 8 heteroatoms. The number of amides is 4. The first-order chi connectivity index (χ1) is 12.5. The monoisotopic (exact) mass is 355 g/mol. The van der Waals surface area contributed by atoms with E-state index in [1.54, 1.807) is 23.1 Å². The molecule has 4 N–H and O–H groups in total. The minimum Gasteiger partial charge on any atom is -0.508 e. The standard InChI is InChI=1S/C18H17N3O5/c22-10-19-18(26)20-16(11-1-4-13(23)5-2-11)9-21-8-12-3-6-14(24)7-15(12)17(21)25/h1-7,10,16,23-24H,8-9H2,(H2,19,20,22,26)/t16-/m0/s1. The molecule has 8 nitrogen and oxygen atoms in total. The molecule has 134 valence electrons. The summed E-state index contributed by atoms with van der Waals surface area (Å²) in [6.45, 7) is 0.505. The van der Waals surface area contributed by atoms with E-state index in [0.717, 1.165) is 5.56 Å². The predicted molar refractivity (Wildman–Crippen MR) is 91.4 cm³/mol. The van der Waals surface area contributed by atoms with Gasteiger partial charge in [-0.2, -0.15) is 0 Å². The third kappa shape index (κ3) is 3.59. The minimum atomic E-state index is -0.695. The molecule has 0 spiro atoms. The van der Waals surface area contributed by atoms with Gasteiger partial charge in [-0.25, -0.2) is 4.79 Å². The number of phenols is 2. The number of urea groups is 1. The molecule has 0 aromatic heterocycles. The van der Waals surface area contributed by atoms with Crippen molar-refractivity contribution in [3.05, 3.63) is 59.2 Å². The molecular formula is C18H17N3O5. The van der Waals surface area contributed by atoms with Crippen LogP contribution in [0, 0.1) is 0 Å². The van der Waals surface area contributed by atoms with Gasteiger partial charge < -0.3 is 20.4 Å². The van der Waals surface area contributed by atoms with E-state index >= 15 is 0 Å². The molecule has 0 saturated heterocycles. The average molecular weight is 355 g/mol. The highest BCUT2D eigenvalue weighted by molar-refractivity contribution is 5.98. The Labute approximate surface area is 149 Å². The van der Waals surface area contributed by atoms with Crippen LogP contribution in [-0.4, -0.2) is 40.0 Å². The van der Waals surface area contributed by atoms with Crippen LogP contribution in [0.3, 0.4) is 0 Å². The van der Waals surface area contributed by atoms with Crippen LogP contribution in [0.4, 0.5) is 4.79 Å². The number of aromatic hydroxyl groups is 2. The summed E-state index contributed by atoms with van der Waals surface area (Å²) in [5.41, 5.74) is 1.87. The van der Waals surface area contributed by atoms with E-state index < -0.39 is 12.1 Å². The smallest absolute Gasteiger partial charge is 0.321 e. The van der Waals surface area contributed by atoms with Gasteiger partial charge in [0, 0.05) is 18.7 Å². The van der Waals surface area contributed by atoms with Gasteiger partial charge in [-0.15, -0.1) is 0 Å². The van der Waals surface area contributed by atoms with Crippen LogP contribution in [0.15, 0.2) is 42.5 Å². The van der Waals surface area contributed by atoms with E-state index in [2.05, 4.69) is 5.32 Å². The number of nitrogens with zero attached hydrogens (tertiary/aromatic N) is 1. The second-order valence-corrected chi connectivity index (χ2v) is 5.91. The lowest BCUT2D eigenvalue weighted by atomic mass is 10.1. The summed E-state index contributed by atoms with van der Waals surface area (Å²) in [6.07, 6.45) is 0.267. The molecule has 0 unspecified atom stereocenters. The Morgan fingerprint density at radius 2 is 1.85 bits per heavy atom. The number of phenolic OH excluding ortho intramolecular Hbond substituents is 2. The number of rotatable bonds is 5. The molecular weight excluding hydrogens is 338 g/mol. The topological polar surface area (TPSA) is 119 Å². The van der Waals surface area contributed by atoms with Crippen molar-refractivity contribution < 1.29 is 24.6 Å². The van der Waals surface area contributed by atoms with Gasteiger partial charge in [0.05, 0.1) is 6.04 Å². The van der Waals surface area contributed by atoms with E-state index in [0.29, 0.717) is 17.7 Å². The van der Waals surface area contributed by atoms with Crippen molar-refractivity contribution in [1.29, 1.82) is 0 Å². The quantitative estimate of drug-likeness (QED) is 0.602. The molecule has 1 atom stereocenters. The van der Waals surface area contributed by atoms with Crippen LogP contribution in [0.1, 0.15) is 27.5 Å². The number of carbonyl (C=O) groups is 3. The zero-order chi connectivity index (χ0) is 18.7. The van der Waals surface area contributed by atoms with Crippen molar-refractivity contribution in [2.24, 2.45) is 0 Å². The third-order valence-electron chi connectivity index (χ3n) is 4.17. The lowest BCUT2D eigenvalue weighted by Gasteiger charge is -2.25. The van der Waals surface area contributed by atoms with Crippen LogP contribution in [0.2, 0.25) is 0 Å². The summed E-state index contributed by atoms with van der Waals surface area (Å²) in [5, 5.41) is 23.6. The summed E-state index contributed by atoms with van der Waals surface area (Å²) in [7, 11) is 0. The van der Waals surface area contributed by atoms with Crippen molar-refractivity contribution in [1.82, 2.24) is 15.5 Å². The number of hydrogen-bond acceptors (Lipinski definition) is 5. The highest BCUT2D eigenvalue weighted by atomic mass is 16.3. The minimum absolute atomic E-state index is 0.0116. The molecule has 4 amide bonds. The number of hydrogen-bond donors (Lipinski definition) is 4. The van der Waals surface area contributed by atoms with Crippen LogP contribution in [0.5, 0.6) is 11.5 Å². The number of imide groups is 1. The van der Waals surface area contributed by atoms with Crippen molar-refractivity contribution >= 4 is 18.3 Å². The molecule has 0 aliphatic carbocycles. The Morgan fingerprint density at radius 3 is 2.54 bits per heavy atom. The van der Waals surface area contributed by atoms with Crippen molar-refractivity contribution in [2.75, 3.05) is 6.54 Å². The van der Waals surface area contributed by atoms with Crippen LogP contribution in [0.25, 0.3) is 0 Å². The van der Waals surface area contributed by atoms with Gasteiger partial charge in [-0.05, 0) is 35.4 Å². The maximum Gasteiger partial charge on any atom is 0.321 e. The van der Waals surface area contributed by atoms with E-state index in [1.807, 2.05) is 5.32 Å². The molecule has 26 heavy (non-hydrogen) atoms. The Bertz CT molecular complexity index is 850.